The van der Waals surface area contributed by atoms with Crippen molar-refractivity contribution in [3.63, 3.8) is 0 Å². The van der Waals surface area contributed by atoms with Gasteiger partial charge in [-0.2, -0.15) is 0 Å². The number of carbonyl (C=O) groups is 1. The zero-order chi connectivity index (χ0) is 19.3. The summed E-state index contributed by atoms with van der Waals surface area (Å²) in [5.41, 5.74) is 7.03. The number of ether oxygens (including phenoxy) is 1. The maximum atomic E-state index is 12.2. The third-order valence-corrected chi connectivity index (χ3v) is 4.72. The van der Waals surface area contributed by atoms with Crippen LogP contribution in [0.2, 0.25) is 0 Å². The first-order valence-electron chi connectivity index (χ1n) is 8.81. The van der Waals surface area contributed by atoms with Crippen molar-refractivity contribution >= 4 is 34.2 Å². The Morgan fingerprint density at radius 1 is 1.31 bits per heavy atom. The summed E-state index contributed by atoms with van der Waals surface area (Å²) in [6.45, 7) is 10.2. The molecule has 8 heteroatoms. The van der Waals surface area contributed by atoms with E-state index in [1.807, 2.05) is 27.0 Å². The largest absolute Gasteiger partial charge is 0.444 e. The highest BCUT2D eigenvalue weighted by molar-refractivity contribution is 9.11. The van der Waals surface area contributed by atoms with E-state index in [1.165, 1.54) is 6.34 Å². The maximum absolute atomic E-state index is 12.2. The molecule has 0 spiro atoms. The summed E-state index contributed by atoms with van der Waals surface area (Å²) in [6.07, 6.45) is 4.64. The minimum atomic E-state index is -0.488. The van der Waals surface area contributed by atoms with E-state index in [-0.39, 0.29) is 6.09 Å². The van der Waals surface area contributed by atoms with Gasteiger partial charge in [-0.05, 0) is 46.1 Å². The number of piperazine rings is 1. The van der Waals surface area contributed by atoms with Gasteiger partial charge in [0.1, 0.15) is 11.3 Å². The summed E-state index contributed by atoms with van der Waals surface area (Å²) in [6, 6.07) is 0. The highest BCUT2D eigenvalue weighted by atomic mass is 79.9. The molecule has 144 valence electrons. The molecule has 0 aliphatic carbocycles. The number of rotatable bonds is 1. The zero-order valence-corrected chi connectivity index (χ0v) is 17.5. The van der Waals surface area contributed by atoms with Crippen molar-refractivity contribution in [3.8, 4) is 0 Å². The molecule has 1 saturated heterocycles. The fourth-order valence-electron chi connectivity index (χ4n) is 2.77. The Morgan fingerprint density at radius 2 is 1.96 bits per heavy atom. The van der Waals surface area contributed by atoms with Gasteiger partial charge < -0.3 is 20.3 Å². The third kappa shape index (κ3) is 5.59. The minimum Gasteiger partial charge on any atom is -0.444 e. The number of hydrogen-bond donors (Lipinski definition) is 1. The lowest BCUT2D eigenvalue weighted by Gasteiger charge is -2.37. The molecule has 7 nitrogen and oxygen atoms in total. The molecule has 0 bridgehead atoms. The summed E-state index contributed by atoms with van der Waals surface area (Å²) >= 11 is 3.55. The van der Waals surface area contributed by atoms with Gasteiger partial charge in [-0.1, -0.05) is 15.9 Å². The lowest BCUT2D eigenvalue weighted by molar-refractivity contribution is 0.0187. The van der Waals surface area contributed by atoms with Crippen molar-refractivity contribution in [2.75, 3.05) is 26.2 Å². The molecule has 0 aromatic carbocycles. The fourth-order valence-corrected chi connectivity index (χ4v) is 3.07. The lowest BCUT2D eigenvalue weighted by atomic mass is 10.1. The maximum Gasteiger partial charge on any atom is 0.410 e. The molecule has 0 radical (unpaired) electrons. The molecule has 0 aromatic rings. The molecule has 26 heavy (non-hydrogen) atoms. The Labute approximate surface area is 163 Å². The molecule has 0 aromatic heterocycles. The first-order chi connectivity index (χ1) is 12.2. The van der Waals surface area contributed by atoms with Crippen molar-refractivity contribution in [2.45, 2.75) is 46.1 Å². The number of allylic oxidation sites excluding steroid dienone is 2. The van der Waals surface area contributed by atoms with E-state index in [1.54, 1.807) is 4.90 Å². The molecule has 1 fully saturated rings. The van der Waals surface area contributed by atoms with E-state index < -0.39 is 5.60 Å². The predicted octanol–water partition coefficient (Wildman–Crippen LogP) is 3.23. The monoisotopic (exact) mass is 425 g/mol. The van der Waals surface area contributed by atoms with Gasteiger partial charge in [-0.25, -0.2) is 14.8 Å². The summed E-state index contributed by atoms with van der Waals surface area (Å²) in [7, 11) is 0. The van der Waals surface area contributed by atoms with Gasteiger partial charge in [0, 0.05) is 36.9 Å². The van der Waals surface area contributed by atoms with Gasteiger partial charge >= 0.3 is 6.09 Å². The van der Waals surface area contributed by atoms with Crippen LogP contribution in [0.25, 0.3) is 0 Å². The van der Waals surface area contributed by atoms with Crippen LogP contribution >= 0.6 is 15.9 Å². The molecule has 2 N–H and O–H groups in total. The van der Waals surface area contributed by atoms with E-state index in [0.717, 1.165) is 34.4 Å². The van der Waals surface area contributed by atoms with Crippen LogP contribution in [-0.4, -0.2) is 59.8 Å². The Kier molecular flexibility index (Phi) is 6.86. The summed E-state index contributed by atoms with van der Waals surface area (Å²) < 4.78 is 6.51. The van der Waals surface area contributed by atoms with Crippen LogP contribution in [0.15, 0.2) is 31.9 Å². The number of hydrogen-bond acceptors (Lipinski definition) is 5. The summed E-state index contributed by atoms with van der Waals surface area (Å²) in [4.78, 5) is 25.1. The third-order valence-electron chi connectivity index (χ3n) is 4.12. The first-order valence-corrected chi connectivity index (χ1v) is 9.60. The number of aliphatic imine (C=N–C) groups is 2. The van der Waals surface area contributed by atoms with Crippen LogP contribution in [-0.2, 0) is 4.74 Å². The number of nitrogens with zero attached hydrogens (tertiary/aromatic N) is 4. The highest BCUT2D eigenvalue weighted by Crippen LogP contribution is 2.25. The van der Waals surface area contributed by atoms with Crippen LogP contribution in [0.3, 0.4) is 0 Å². The van der Waals surface area contributed by atoms with Crippen LogP contribution in [0.5, 0.6) is 0 Å². The fraction of sp³-hybridized carbons (Fsp3) is 0.611. The van der Waals surface area contributed by atoms with Crippen LogP contribution in [0.1, 0.15) is 40.5 Å². The Hall–Kier alpha value is -1.83. The number of nitrogens with two attached hydrogens (primary N) is 1. The second-order valence-corrected chi connectivity index (χ2v) is 8.41. The normalized spacial score (nSPS) is 26.7. The molecule has 0 unspecified atom stereocenters. The Balaban J connectivity index is 2.14. The van der Waals surface area contributed by atoms with Crippen molar-refractivity contribution in [2.24, 2.45) is 15.7 Å². The molecule has 0 atom stereocenters. The van der Waals surface area contributed by atoms with Crippen molar-refractivity contribution in [1.29, 1.82) is 0 Å². The van der Waals surface area contributed by atoms with E-state index >= 15 is 0 Å². The lowest BCUT2D eigenvalue weighted by Crippen LogP contribution is -2.52. The molecule has 0 saturated carbocycles. The molecular weight excluding hydrogens is 398 g/mol. The highest BCUT2D eigenvalue weighted by Gasteiger charge is 2.28. The van der Waals surface area contributed by atoms with E-state index in [0.29, 0.717) is 26.2 Å². The average molecular weight is 426 g/mol. The molecule has 2 heterocycles. The van der Waals surface area contributed by atoms with Gasteiger partial charge in [0.05, 0.1) is 6.34 Å². The van der Waals surface area contributed by atoms with E-state index in [2.05, 4.69) is 37.7 Å². The van der Waals surface area contributed by atoms with Crippen molar-refractivity contribution in [3.05, 3.63) is 22.0 Å². The minimum absolute atomic E-state index is 0.272. The molecule has 1 amide bonds. The van der Waals surface area contributed by atoms with Gasteiger partial charge in [0.15, 0.2) is 5.84 Å². The molecule has 2 rings (SSSR count). The van der Waals surface area contributed by atoms with Crippen LogP contribution in [0, 0.1) is 0 Å². The SMILES string of the molecule is C\C1=C(N=CN)/C(N2CCN(C(=O)OC(C)(C)C)CC2)=N\C=C(\Br)CC1. The van der Waals surface area contributed by atoms with Crippen LogP contribution in [0.4, 0.5) is 4.79 Å². The summed E-state index contributed by atoms with van der Waals surface area (Å²) in [5, 5.41) is 0. The molecule has 2 aliphatic heterocycles. The average Bonchev–Trinajstić information content (AvgIpc) is 2.56. The first kappa shape index (κ1) is 20.5. The standard InChI is InChI=1S/C18H28BrN5O2/c1-13-5-6-14(19)11-21-16(15(13)22-12-20)23-7-9-24(10-8-23)17(25)26-18(2,3)4/h11-12H,5-10H2,1-4H3,(H2,20,22)/b14-11+,15-13-,21-16+. The quantitative estimate of drug-likeness (QED) is 0.516. The second-order valence-electron chi connectivity index (χ2n) is 7.39. The van der Waals surface area contributed by atoms with Crippen molar-refractivity contribution in [1.82, 2.24) is 9.80 Å². The number of amides is 1. The molecular formula is C18H28BrN5O2. The van der Waals surface area contributed by atoms with Crippen LogP contribution < -0.4 is 5.73 Å². The smallest absolute Gasteiger partial charge is 0.410 e. The predicted molar refractivity (Wildman–Crippen MR) is 108 cm³/mol. The van der Waals surface area contributed by atoms with Gasteiger partial charge in [-0.3, -0.25) is 0 Å². The number of amidine groups is 1. The van der Waals surface area contributed by atoms with Crippen molar-refractivity contribution < 1.29 is 9.53 Å². The Bertz CT molecular complexity index is 653. The number of halogens is 1. The van der Waals surface area contributed by atoms with Gasteiger partial charge in [0.2, 0.25) is 0 Å². The van der Waals surface area contributed by atoms with Gasteiger partial charge in [-0.15, -0.1) is 0 Å². The zero-order valence-electron chi connectivity index (χ0n) is 16.0. The summed E-state index contributed by atoms with van der Waals surface area (Å²) in [5.74, 6) is 0.796. The van der Waals surface area contributed by atoms with E-state index in [4.69, 9.17) is 10.5 Å². The van der Waals surface area contributed by atoms with E-state index in [9.17, 15) is 4.79 Å². The van der Waals surface area contributed by atoms with Gasteiger partial charge in [0.25, 0.3) is 0 Å². The molecule has 2 aliphatic rings. The second kappa shape index (κ2) is 8.70. The Morgan fingerprint density at radius 3 is 2.54 bits per heavy atom. The number of carbonyl (C=O) groups excluding carboxylic acids is 1. The topological polar surface area (TPSA) is 83.5 Å².